The average molecular weight is 313 g/mol. The van der Waals surface area contributed by atoms with Gasteiger partial charge in [-0.1, -0.05) is 0 Å². The molecule has 0 fully saturated rings. The van der Waals surface area contributed by atoms with Crippen molar-refractivity contribution in [3.63, 3.8) is 0 Å². The molecule has 23 heavy (non-hydrogen) atoms. The molecule has 0 spiro atoms. The SMILES string of the molecule is O=C(Nc1ccc([N+](=O)[O-])nc1)c1ccc2c(c1)C(=O)OC2=O. The molecule has 2 aromatic rings. The van der Waals surface area contributed by atoms with E-state index >= 15 is 0 Å². The van der Waals surface area contributed by atoms with Crippen LogP contribution in [0, 0.1) is 10.1 Å². The van der Waals surface area contributed by atoms with E-state index in [0.717, 1.165) is 12.3 Å². The molecule has 1 N–H and O–H groups in total. The van der Waals surface area contributed by atoms with Gasteiger partial charge in [-0.05, 0) is 34.2 Å². The highest BCUT2D eigenvalue weighted by molar-refractivity contribution is 6.16. The molecule has 0 bridgehead atoms. The van der Waals surface area contributed by atoms with Crippen molar-refractivity contribution >= 4 is 29.4 Å². The minimum atomic E-state index is -0.809. The average Bonchev–Trinajstić information content (AvgIpc) is 2.82. The second-order valence-electron chi connectivity index (χ2n) is 4.55. The standard InChI is InChI=1S/C14H7N3O6/c18-12(16-8-2-4-11(15-6-8)17(21)22)7-1-3-9-10(5-7)14(20)23-13(9)19/h1-6H,(H,16,18). The van der Waals surface area contributed by atoms with Gasteiger partial charge in [-0.3, -0.25) is 4.79 Å². The fourth-order valence-corrected chi connectivity index (χ4v) is 2.00. The Labute approximate surface area is 128 Å². The van der Waals surface area contributed by atoms with Crippen molar-refractivity contribution in [3.8, 4) is 0 Å². The van der Waals surface area contributed by atoms with Gasteiger partial charge >= 0.3 is 17.8 Å². The zero-order chi connectivity index (χ0) is 16.6. The topological polar surface area (TPSA) is 128 Å². The fourth-order valence-electron chi connectivity index (χ4n) is 2.00. The van der Waals surface area contributed by atoms with Crippen LogP contribution in [0.1, 0.15) is 31.1 Å². The number of nitro groups is 1. The van der Waals surface area contributed by atoms with Crippen LogP contribution in [-0.2, 0) is 4.74 Å². The van der Waals surface area contributed by atoms with Crippen LogP contribution in [0.3, 0.4) is 0 Å². The number of rotatable bonds is 3. The quantitative estimate of drug-likeness (QED) is 0.394. The Kier molecular flexibility index (Phi) is 3.30. The number of esters is 2. The van der Waals surface area contributed by atoms with Crippen LogP contribution in [0.25, 0.3) is 0 Å². The zero-order valence-corrected chi connectivity index (χ0v) is 11.3. The van der Waals surface area contributed by atoms with E-state index < -0.39 is 22.8 Å². The van der Waals surface area contributed by atoms with Gasteiger partial charge in [0.2, 0.25) is 0 Å². The first-order chi connectivity index (χ1) is 11.0. The number of pyridine rings is 1. The third-order valence-electron chi connectivity index (χ3n) is 3.10. The summed E-state index contributed by atoms with van der Waals surface area (Å²) in [6, 6.07) is 6.41. The first kappa shape index (κ1) is 14.3. The number of nitrogens with zero attached hydrogens (tertiary/aromatic N) is 2. The van der Waals surface area contributed by atoms with Crippen LogP contribution < -0.4 is 5.32 Å². The molecule has 114 valence electrons. The minimum absolute atomic E-state index is 0.0180. The molecule has 0 saturated carbocycles. The lowest BCUT2D eigenvalue weighted by Gasteiger charge is -2.04. The van der Waals surface area contributed by atoms with Crippen LogP contribution in [0.2, 0.25) is 0 Å². The van der Waals surface area contributed by atoms with Gasteiger partial charge in [-0.25, -0.2) is 9.59 Å². The third kappa shape index (κ3) is 2.62. The van der Waals surface area contributed by atoms with Crippen LogP contribution in [-0.4, -0.2) is 27.8 Å². The molecule has 0 aliphatic carbocycles. The number of nitrogens with one attached hydrogen (secondary N) is 1. The van der Waals surface area contributed by atoms with E-state index in [1.54, 1.807) is 0 Å². The van der Waals surface area contributed by atoms with Gasteiger partial charge in [0.05, 0.1) is 16.8 Å². The highest BCUT2D eigenvalue weighted by atomic mass is 16.6. The first-order valence-corrected chi connectivity index (χ1v) is 6.28. The molecule has 0 saturated heterocycles. The molecule has 0 radical (unpaired) electrons. The largest absolute Gasteiger partial charge is 0.386 e. The van der Waals surface area contributed by atoms with E-state index in [4.69, 9.17) is 0 Å². The van der Waals surface area contributed by atoms with Crippen molar-refractivity contribution in [2.24, 2.45) is 0 Å². The van der Waals surface area contributed by atoms with Gasteiger partial charge < -0.3 is 20.2 Å². The molecule has 0 unspecified atom stereocenters. The molecule has 9 heteroatoms. The second-order valence-corrected chi connectivity index (χ2v) is 4.55. The summed E-state index contributed by atoms with van der Waals surface area (Å²) in [6.07, 6.45) is 1.14. The molecule has 3 rings (SSSR count). The highest BCUT2D eigenvalue weighted by Gasteiger charge is 2.30. The number of ether oxygens (including phenoxy) is 1. The molecule has 2 heterocycles. The lowest BCUT2D eigenvalue weighted by Crippen LogP contribution is -2.13. The van der Waals surface area contributed by atoms with E-state index in [-0.39, 0.29) is 28.2 Å². The van der Waals surface area contributed by atoms with Crippen molar-refractivity contribution in [2.75, 3.05) is 5.32 Å². The van der Waals surface area contributed by atoms with Crippen molar-refractivity contribution < 1.29 is 24.0 Å². The molecular formula is C14H7N3O6. The monoisotopic (exact) mass is 313 g/mol. The molecular weight excluding hydrogens is 306 g/mol. The van der Waals surface area contributed by atoms with Crippen molar-refractivity contribution in [1.29, 1.82) is 0 Å². The zero-order valence-electron chi connectivity index (χ0n) is 11.3. The Morgan fingerprint density at radius 3 is 2.52 bits per heavy atom. The van der Waals surface area contributed by atoms with Crippen LogP contribution in [0.4, 0.5) is 11.5 Å². The number of hydrogen-bond donors (Lipinski definition) is 1. The van der Waals surface area contributed by atoms with Crippen molar-refractivity contribution in [1.82, 2.24) is 4.98 Å². The lowest BCUT2D eigenvalue weighted by atomic mass is 10.1. The van der Waals surface area contributed by atoms with Gasteiger partial charge in [0.1, 0.15) is 0 Å². The maximum atomic E-state index is 12.1. The number of benzene rings is 1. The minimum Gasteiger partial charge on any atom is -0.386 e. The highest BCUT2D eigenvalue weighted by Crippen LogP contribution is 2.22. The third-order valence-corrected chi connectivity index (χ3v) is 3.10. The number of cyclic esters (lactones) is 2. The second kappa shape index (κ2) is 5.30. The predicted octanol–water partition coefficient (Wildman–Crippen LogP) is 1.55. The number of aromatic nitrogens is 1. The summed E-state index contributed by atoms with van der Waals surface area (Å²) in [5.74, 6) is -2.47. The molecule has 0 atom stereocenters. The summed E-state index contributed by atoms with van der Waals surface area (Å²) in [6.45, 7) is 0. The van der Waals surface area contributed by atoms with Gasteiger partial charge in [0.15, 0.2) is 6.20 Å². The van der Waals surface area contributed by atoms with Gasteiger partial charge in [-0.15, -0.1) is 0 Å². The summed E-state index contributed by atoms with van der Waals surface area (Å²) >= 11 is 0. The summed E-state index contributed by atoms with van der Waals surface area (Å²) in [5.41, 5.74) is 0.501. The lowest BCUT2D eigenvalue weighted by molar-refractivity contribution is -0.389. The number of hydrogen-bond acceptors (Lipinski definition) is 7. The van der Waals surface area contributed by atoms with Crippen molar-refractivity contribution in [3.05, 3.63) is 63.3 Å². The number of amides is 1. The first-order valence-electron chi connectivity index (χ1n) is 6.28. The van der Waals surface area contributed by atoms with Crippen LogP contribution in [0.15, 0.2) is 36.5 Å². The maximum absolute atomic E-state index is 12.1. The Morgan fingerprint density at radius 2 is 1.87 bits per heavy atom. The molecule has 1 aromatic heterocycles. The Morgan fingerprint density at radius 1 is 1.13 bits per heavy atom. The normalized spacial score (nSPS) is 12.5. The summed E-state index contributed by atoms with van der Waals surface area (Å²) in [5, 5.41) is 13.0. The predicted molar refractivity (Wildman–Crippen MR) is 75.0 cm³/mol. The van der Waals surface area contributed by atoms with Gasteiger partial charge in [-0.2, -0.15) is 0 Å². The number of fused-ring (bicyclic) bond motifs is 1. The van der Waals surface area contributed by atoms with Gasteiger partial charge in [0.25, 0.3) is 5.91 Å². The smallest absolute Gasteiger partial charge is 0.363 e. The van der Waals surface area contributed by atoms with E-state index in [0.29, 0.717) is 0 Å². The molecule has 1 aliphatic heterocycles. The van der Waals surface area contributed by atoms with E-state index in [1.807, 2.05) is 0 Å². The summed E-state index contributed by atoms with van der Waals surface area (Å²) in [7, 11) is 0. The van der Waals surface area contributed by atoms with E-state index in [9.17, 15) is 24.5 Å². The van der Waals surface area contributed by atoms with E-state index in [1.165, 1.54) is 24.3 Å². The molecule has 1 aromatic carbocycles. The number of anilines is 1. The number of carbonyl (C=O) groups is 3. The summed E-state index contributed by atoms with van der Waals surface area (Å²) < 4.78 is 4.44. The van der Waals surface area contributed by atoms with Crippen LogP contribution >= 0.6 is 0 Å². The van der Waals surface area contributed by atoms with Gasteiger partial charge in [0, 0.05) is 11.6 Å². The summed E-state index contributed by atoms with van der Waals surface area (Å²) in [4.78, 5) is 48.3. The van der Waals surface area contributed by atoms with Crippen molar-refractivity contribution in [2.45, 2.75) is 0 Å². The Hall–Kier alpha value is -3.62. The Balaban J connectivity index is 1.81. The molecule has 1 amide bonds. The Bertz CT molecular complexity index is 859. The maximum Gasteiger partial charge on any atom is 0.363 e. The van der Waals surface area contributed by atoms with Crippen LogP contribution in [0.5, 0.6) is 0 Å². The molecule has 1 aliphatic rings. The van der Waals surface area contributed by atoms with E-state index in [2.05, 4.69) is 15.0 Å². The fraction of sp³-hybridized carbons (Fsp3) is 0. The number of carbonyl (C=O) groups excluding carboxylic acids is 3. The molecule has 9 nitrogen and oxygen atoms in total.